The van der Waals surface area contributed by atoms with Gasteiger partial charge in [-0.05, 0) is 23.9 Å². The fourth-order valence-corrected chi connectivity index (χ4v) is 3.36. The minimum atomic E-state index is 0. The molecule has 1 aliphatic rings. The van der Waals surface area contributed by atoms with Gasteiger partial charge in [0.1, 0.15) is 11.2 Å². The van der Waals surface area contributed by atoms with E-state index in [0.29, 0.717) is 0 Å². The first-order valence-electron chi connectivity index (χ1n) is 8.38. The van der Waals surface area contributed by atoms with Gasteiger partial charge >= 0.3 is 0 Å². The quantitative estimate of drug-likeness (QED) is 0.336. The Morgan fingerprint density at radius 3 is 2.58 bits per heavy atom. The zero-order valence-electron chi connectivity index (χ0n) is 14.1. The van der Waals surface area contributed by atoms with Gasteiger partial charge in [0.05, 0.1) is 0 Å². The van der Waals surface area contributed by atoms with Crippen LogP contribution < -0.4 is 5.32 Å². The van der Waals surface area contributed by atoms with Gasteiger partial charge in [0.25, 0.3) is 0 Å². The maximum Gasteiger partial charge on any atom is 0.144 e. The second-order valence-electron chi connectivity index (χ2n) is 6.12. The van der Waals surface area contributed by atoms with E-state index < -0.39 is 0 Å². The first kappa shape index (κ1) is 17.1. The van der Waals surface area contributed by atoms with Crippen LogP contribution in [0.15, 0.2) is 83.3 Å². The van der Waals surface area contributed by atoms with Crippen LogP contribution in [0.25, 0.3) is 28.0 Å². The van der Waals surface area contributed by atoms with Gasteiger partial charge in [-0.3, -0.25) is 0 Å². The van der Waals surface area contributed by atoms with E-state index in [1.54, 1.807) is 0 Å². The van der Waals surface area contributed by atoms with E-state index in [2.05, 4.69) is 66.4 Å². The summed E-state index contributed by atoms with van der Waals surface area (Å²) in [7, 11) is 0. The van der Waals surface area contributed by atoms with Crippen LogP contribution in [0.1, 0.15) is 11.1 Å². The summed E-state index contributed by atoms with van der Waals surface area (Å²) in [5, 5.41) is 5.86. The molecular formula is C23H16NOY-. The average molecular weight is 411 g/mol. The summed E-state index contributed by atoms with van der Waals surface area (Å²) < 4.78 is 6.18. The molecule has 4 aromatic rings. The van der Waals surface area contributed by atoms with E-state index in [1.165, 1.54) is 0 Å². The summed E-state index contributed by atoms with van der Waals surface area (Å²) in [5.41, 5.74) is 6.18. The second-order valence-corrected chi connectivity index (χ2v) is 6.12. The first-order valence-corrected chi connectivity index (χ1v) is 8.38. The predicted octanol–water partition coefficient (Wildman–Crippen LogP) is 6.46. The number of hydrogen-bond acceptors (Lipinski definition) is 2. The van der Waals surface area contributed by atoms with Crippen molar-refractivity contribution < 1.29 is 37.1 Å². The molecule has 0 aliphatic carbocycles. The van der Waals surface area contributed by atoms with Gasteiger partial charge in [-0.25, -0.2) is 0 Å². The summed E-state index contributed by atoms with van der Waals surface area (Å²) in [4.78, 5) is 0. The van der Waals surface area contributed by atoms with Gasteiger partial charge in [0.2, 0.25) is 0 Å². The van der Waals surface area contributed by atoms with Crippen molar-refractivity contribution in [1.82, 2.24) is 0 Å². The SMILES string of the molecule is C1=C\[CH-]c2ccccc2Nc2ccc3c(oc4ccccc43)c2/C=C/1.[Y]. The minimum absolute atomic E-state index is 0. The molecule has 5 rings (SSSR count). The maximum atomic E-state index is 6.18. The molecule has 0 fully saturated rings. The number of fused-ring (bicyclic) bond motifs is 6. The van der Waals surface area contributed by atoms with Crippen LogP contribution >= 0.6 is 0 Å². The van der Waals surface area contributed by atoms with Crippen molar-refractivity contribution in [2.75, 3.05) is 5.32 Å². The molecule has 0 bridgehead atoms. The summed E-state index contributed by atoms with van der Waals surface area (Å²) in [6, 6.07) is 20.7. The minimum Gasteiger partial charge on any atom is -0.455 e. The predicted molar refractivity (Wildman–Crippen MR) is 105 cm³/mol. The number of hydrogen-bond donors (Lipinski definition) is 1. The van der Waals surface area contributed by atoms with E-state index in [-0.39, 0.29) is 32.7 Å². The Bertz CT molecular complexity index is 1150. The molecular weight excluding hydrogens is 395 g/mol. The summed E-state index contributed by atoms with van der Waals surface area (Å²) in [6.07, 6.45) is 10.4. The number of allylic oxidation sites excluding steroid dienone is 3. The van der Waals surface area contributed by atoms with Gasteiger partial charge in [-0.2, -0.15) is 0 Å². The standard InChI is InChI=1S/C23H16NO.Y/c1-2-8-16-9-4-6-12-20(16)24-21-15-14-18-17-10-5-7-13-22(17)25-23(18)19(21)11-3-1;/h1-15,24H;/q-1;/b2-1-,11-3+;. The molecule has 3 heteroatoms. The van der Waals surface area contributed by atoms with E-state index in [4.69, 9.17) is 4.42 Å². The molecule has 1 N–H and O–H groups in total. The molecule has 2 nitrogen and oxygen atoms in total. The van der Waals surface area contributed by atoms with Crippen LogP contribution in [-0.4, -0.2) is 0 Å². The third-order valence-electron chi connectivity index (χ3n) is 4.58. The molecule has 123 valence electrons. The summed E-state index contributed by atoms with van der Waals surface area (Å²) in [5.74, 6) is 0. The van der Waals surface area contributed by atoms with Crippen LogP contribution in [0.2, 0.25) is 0 Å². The van der Waals surface area contributed by atoms with Gasteiger partial charge in [-0.1, -0.05) is 36.4 Å². The molecule has 26 heavy (non-hydrogen) atoms. The van der Waals surface area contributed by atoms with Crippen LogP contribution in [0.5, 0.6) is 0 Å². The number of furan rings is 1. The molecule has 1 aliphatic heterocycles. The third kappa shape index (κ3) is 2.90. The van der Waals surface area contributed by atoms with Crippen LogP contribution in [0, 0.1) is 6.42 Å². The number of para-hydroxylation sites is 2. The van der Waals surface area contributed by atoms with Crippen molar-refractivity contribution in [2.45, 2.75) is 0 Å². The topological polar surface area (TPSA) is 25.2 Å². The van der Waals surface area contributed by atoms with E-state index in [1.807, 2.05) is 30.3 Å². The van der Waals surface area contributed by atoms with Crippen molar-refractivity contribution in [3.8, 4) is 0 Å². The molecule has 0 saturated heterocycles. The van der Waals surface area contributed by atoms with Crippen molar-refractivity contribution in [3.63, 3.8) is 0 Å². The van der Waals surface area contributed by atoms with Crippen LogP contribution in [0.3, 0.4) is 0 Å². The average Bonchev–Trinajstić information content (AvgIpc) is 3.03. The monoisotopic (exact) mass is 411 g/mol. The van der Waals surface area contributed by atoms with Crippen LogP contribution in [-0.2, 0) is 32.7 Å². The third-order valence-corrected chi connectivity index (χ3v) is 4.58. The van der Waals surface area contributed by atoms with Crippen molar-refractivity contribution in [2.24, 2.45) is 0 Å². The van der Waals surface area contributed by atoms with Gasteiger partial charge in [0, 0.05) is 54.7 Å². The number of benzene rings is 3. The molecule has 0 amide bonds. The van der Waals surface area contributed by atoms with Crippen molar-refractivity contribution >= 4 is 39.4 Å². The molecule has 3 aromatic carbocycles. The van der Waals surface area contributed by atoms with E-state index >= 15 is 0 Å². The van der Waals surface area contributed by atoms with Crippen molar-refractivity contribution in [1.29, 1.82) is 0 Å². The largest absolute Gasteiger partial charge is 0.455 e. The van der Waals surface area contributed by atoms with E-state index in [9.17, 15) is 0 Å². The Kier molecular flexibility index (Phi) is 4.71. The number of anilines is 2. The van der Waals surface area contributed by atoms with Crippen molar-refractivity contribution in [3.05, 3.63) is 96.4 Å². The fourth-order valence-electron chi connectivity index (χ4n) is 3.36. The molecule has 0 saturated carbocycles. The summed E-state index contributed by atoms with van der Waals surface area (Å²) in [6.45, 7) is 0. The van der Waals surface area contributed by atoms with Crippen LogP contribution in [0.4, 0.5) is 11.4 Å². The Hall–Kier alpha value is -2.29. The Morgan fingerprint density at radius 1 is 0.769 bits per heavy atom. The Morgan fingerprint density at radius 2 is 1.62 bits per heavy atom. The number of rotatable bonds is 0. The molecule has 0 atom stereocenters. The molecule has 1 radical (unpaired) electrons. The van der Waals surface area contributed by atoms with Gasteiger partial charge < -0.3 is 9.73 Å². The van der Waals surface area contributed by atoms with Gasteiger partial charge in [0.15, 0.2) is 0 Å². The summed E-state index contributed by atoms with van der Waals surface area (Å²) >= 11 is 0. The zero-order chi connectivity index (χ0) is 16.6. The Labute approximate surface area is 177 Å². The molecule has 1 aromatic heterocycles. The number of nitrogens with one attached hydrogen (secondary N) is 1. The molecule has 0 spiro atoms. The fraction of sp³-hybridized carbons (Fsp3) is 0. The first-order chi connectivity index (χ1) is 12.4. The van der Waals surface area contributed by atoms with Gasteiger partial charge in [-0.15, -0.1) is 42.3 Å². The smallest absolute Gasteiger partial charge is 0.144 e. The second kappa shape index (κ2) is 7.15. The molecule has 0 unspecified atom stereocenters. The maximum absolute atomic E-state index is 6.18. The van der Waals surface area contributed by atoms with E-state index in [0.717, 1.165) is 44.4 Å². The molecule has 2 heterocycles. The zero-order valence-corrected chi connectivity index (χ0v) is 17.0. The Balaban J connectivity index is 0.00000168. The normalized spacial score (nSPS) is 15.1.